The number of benzene rings is 1. The minimum Gasteiger partial charge on any atom is -0.481 e. The first-order valence-electron chi connectivity index (χ1n) is 4.80. The van der Waals surface area contributed by atoms with E-state index in [9.17, 15) is 0 Å². The van der Waals surface area contributed by atoms with E-state index in [4.69, 9.17) is 44.2 Å². The topological polar surface area (TPSA) is 99.5 Å². The minimum atomic E-state index is -0.833. The lowest BCUT2D eigenvalue weighted by atomic mass is 10.2. The molecule has 1 aromatic rings. The number of aliphatic carboxylic acids is 1. The molecule has 5 nitrogen and oxygen atoms in total. The van der Waals surface area contributed by atoms with E-state index in [1.54, 1.807) is 24.4 Å². The molecule has 0 bridgehead atoms. The largest absolute Gasteiger partial charge is 0.481 e. The smallest absolute Gasteiger partial charge is 0.300 e. The van der Waals surface area contributed by atoms with Gasteiger partial charge >= 0.3 is 0 Å². The monoisotopic (exact) mass is 289 g/mol. The molecule has 0 heterocycles. The highest BCUT2D eigenvalue weighted by Gasteiger charge is 1.97. The summed E-state index contributed by atoms with van der Waals surface area (Å²) in [5.74, 6) is -0.820. The molecule has 0 aliphatic heterocycles. The van der Waals surface area contributed by atoms with Gasteiger partial charge in [0.05, 0.1) is 6.54 Å². The first kappa shape index (κ1) is 16.4. The fourth-order valence-electron chi connectivity index (χ4n) is 0.856. The molecule has 0 saturated carbocycles. The number of carboxylic acids is 1. The van der Waals surface area contributed by atoms with Gasteiger partial charge in [-0.05, 0) is 18.2 Å². The van der Waals surface area contributed by atoms with Crippen molar-refractivity contribution in [1.82, 2.24) is 0 Å². The van der Waals surface area contributed by atoms with Gasteiger partial charge in [0, 0.05) is 28.7 Å². The summed E-state index contributed by atoms with van der Waals surface area (Å²) in [4.78, 5) is 12.9. The summed E-state index contributed by atoms with van der Waals surface area (Å²) < 4.78 is 0. The Labute approximate surface area is 115 Å². The maximum Gasteiger partial charge on any atom is 0.300 e. The van der Waals surface area contributed by atoms with E-state index >= 15 is 0 Å². The van der Waals surface area contributed by atoms with Crippen LogP contribution >= 0.6 is 23.2 Å². The van der Waals surface area contributed by atoms with E-state index < -0.39 is 5.97 Å². The van der Waals surface area contributed by atoms with Crippen LogP contribution in [0.5, 0.6) is 0 Å². The third kappa shape index (κ3) is 8.55. The van der Waals surface area contributed by atoms with Crippen LogP contribution in [0.25, 0.3) is 0 Å². The normalized spacial score (nSPS) is 9.72. The molecule has 0 fully saturated rings. The zero-order valence-electron chi connectivity index (χ0n) is 9.65. The SMILES string of the molecule is CC(=O)O.N=C(N)CN=Cc1cc(Cl)ccc1Cl. The van der Waals surface area contributed by atoms with Gasteiger partial charge in [-0.15, -0.1) is 0 Å². The number of hydrogen-bond donors (Lipinski definition) is 3. The average molecular weight is 290 g/mol. The molecular weight excluding hydrogens is 277 g/mol. The van der Waals surface area contributed by atoms with Gasteiger partial charge in [-0.3, -0.25) is 15.2 Å². The van der Waals surface area contributed by atoms with Crippen molar-refractivity contribution in [3.63, 3.8) is 0 Å². The molecule has 0 unspecified atom stereocenters. The molecule has 0 aliphatic rings. The Kier molecular flexibility index (Phi) is 7.74. The second kappa shape index (κ2) is 8.49. The molecule has 0 amide bonds. The average Bonchev–Trinajstić information content (AvgIpc) is 2.22. The summed E-state index contributed by atoms with van der Waals surface area (Å²) in [6.45, 7) is 1.25. The highest BCUT2D eigenvalue weighted by Crippen LogP contribution is 2.18. The third-order valence-electron chi connectivity index (χ3n) is 1.45. The van der Waals surface area contributed by atoms with Crippen LogP contribution < -0.4 is 5.73 Å². The van der Waals surface area contributed by atoms with E-state index in [0.29, 0.717) is 10.0 Å². The Morgan fingerprint density at radius 1 is 1.56 bits per heavy atom. The number of nitrogens with zero attached hydrogens (tertiary/aromatic N) is 1. The van der Waals surface area contributed by atoms with Crippen molar-refractivity contribution in [2.75, 3.05) is 6.54 Å². The highest BCUT2D eigenvalue weighted by molar-refractivity contribution is 6.35. The van der Waals surface area contributed by atoms with Crippen LogP contribution in [0.2, 0.25) is 10.0 Å². The summed E-state index contributed by atoms with van der Waals surface area (Å²) in [6, 6.07) is 5.10. The van der Waals surface area contributed by atoms with Crippen LogP contribution in [-0.2, 0) is 4.79 Å². The van der Waals surface area contributed by atoms with Gasteiger partial charge in [0.1, 0.15) is 5.84 Å². The summed E-state index contributed by atoms with van der Waals surface area (Å²) >= 11 is 11.6. The highest BCUT2D eigenvalue weighted by atomic mass is 35.5. The number of rotatable bonds is 3. The molecule has 0 aromatic heterocycles. The summed E-state index contributed by atoms with van der Waals surface area (Å²) in [5, 5.41) is 15.5. The van der Waals surface area contributed by atoms with Crippen molar-refractivity contribution < 1.29 is 9.90 Å². The number of halogens is 2. The number of carbonyl (C=O) groups is 1. The number of carboxylic acid groups (broad SMARTS) is 1. The predicted molar refractivity (Wildman–Crippen MR) is 74.1 cm³/mol. The van der Waals surface area contributed by atoms with Crippen molar-refractivity contribution in [2.24, 2.45) is 10.7 Å². The van der Waals surface area contributed by atoms with E-state index in [1.807, 2.05) is 0 Å². The van der Waals surface area contributed by atoms with Gasteiger partial charge in [0.2, 0.25) is 0 Å². The second-order valence-electron chi connectivity index (χ2n) is 3.18. The molecule has 0 aliphatic carbocycles. The molecule has 0 spiro atoms. The van der Waals surface area contributed by atoms with Crippen LogP contribution in [0, 0.1) is 5.41 Å². The lowest BCUT2D eigenvalue weighted by Gasteiger charge is -1.97. The quantitative estimate of drug-likeness (QED) is 0.588. The fraction of sp³-hybridized carbons (Fsp3) is 0.182. The maximum atomic E-state index is 9.00. The van der Waals surface area contributed by atoms with Gasteiger partial charge < -0.3 is 10.8 Å². The van der Waals surface area contributed by atoms with Gasteiger partial charge in [0.25, 0.3) is 5.97 Å². The summed E-state index contributed by atoms with van der Waals surface area (Å²) in [5.41, 5.74) is 5.86. The van der Waals surface area contributed by atoms with Crippen LogP contribution in [0.15, 0.2) is 23.2 Å². The van der Waals surface area contributed by atoms with E-state index in [0.717, 1.165) is 12.5 Å². The van der Waals surface area contributed by atoms with Crippen molar-refractivity contribution >= 4 is 41.2 Å². The zero-order chi connectivity index (χ0) is 14.1. The second-order valence-corrected chi connectivity index (χ2v) is 4.02. The number of hydrogen-bond acceptors (Lipinski definition) is 3. The van der Waals surface area contributed by atoms with E-state index in [2.05, 4.69) is 4.99 Å². The Hall–Kier alpha value is -1.59. The van der Waals surface area contributed by atoms with Gasteiger partial charge in [-0.25, -0.2) is 0 Å². The van der Waals surface area contributed by atoms with Crippen molar-refractivity contribution in [3.8, 4) is 0 Å². The first-order valence-corrected chi connectivity index (χ1v) is 5.55. The Morgan fingerprint density at radius 3 is 2.61 bits per heavy atom. The molecule has 0 radical (unpaired) electrons. The molecule has 0 saturated heterocycles. The molecular formula is C11H13Cl2N3O2. The Balaban J connectivity index is 0.000000631. The van der Waals surface area contributed by atoms with Crippen molar-refractivity contribution in [1.29, 1.82) is 5.41 Å². The third-order valence-corrected chi connectivity index (χ3v) is 2.03. The molecule has 0 atom stereocenters. The summed E-state index contributed by atoms with van der Waals surface area (Å²) in [6.07, 6.45) is 1.55. The van der Waals surface area contributed by atoms with Gasteiger partial charge in [-0.1, -0.05) is 23.2 Å². The van der Waals surface area contributed by atoms with Crippen LogP contribution in [0.1, 0.15) is 12.5 Å². The van der Waals surface area contributed by atoms with E-state index in [-0.39, 0.29) is 12.4 Å². The summed E-state index contributed by atoms with van der Waals surface area (Å²) in [7, 11) is 0. The van der Waals surface area contributed by atoms with E-state index in [1.165, 1.54) is 0 Å². The maximum absolute atomic E-state index is 9.00. The number of nitrogens with one attached hydrogen (secondary N) is 1. The van der Waals surface area contributed by atoms with Crippen LogP contribution in [0.3, 0.4) is 0 Å². The number of amidine groups is 1. The molecule has 18 heavy (non-hydrogen) atoms. The van der Waals surface area contributed by atoms with Crippen molar-refractivity contribution in [2.45, 2.75) is 6.92 Å². The van der Waals surface area contributed by atoms with Crippen LogP contribution in [-0.4, -0.2) is 29.7 Å². The Bertz CT molecular complexity index is 458. The first-order chi connectivity index (χ1) is 8.32. The predicted octanol–water partition coefficient (Wildman–Crippen LogP) is 2.44. The Morgan fingerprint density at radius 2 is 2.11 bits per heavy atom. The zero-order valence-corrected chi connectivity index (χ0v) is 11.2. The van der Waals surface area contributed by atoms with Gasteiger partial charge in [-0.2, -0.15) is 0 Å². The lowest BCUT2D eigenvalue weighted by molar-refractivity contribution is -0.134. The standard InChI is InChI=1S/C9H9Cl2N3.C2H4O2/c10-7-1-2-8(11)6(3-7)4-14-5-9(12)13;1-2(3)4/h1-4H,5H2,(H3,12,13);1H3,(H,3,4). The molecule has 7 heteroatoms. The molecule has 98 valence electrons. The molecule has 4 N–H and O–H groups in total. The molecule has 1 aromatic carbocycles. The number of aliphatic imine (C=N–C) groups is 1. The van der Waals surface area contributed by atoms with Gasteiger partial charge in [0.15, 0.2) is 0 Å². The number of nitrogens with two attached hydrogens (primary N) is 1. The minimum absolute atomic E-state index is 0.0133. The lowest BCUT2D eigenvalue weighted by Crippen LogP contribution is -2.13. The molecule has 1 rings (SSSR count). The van der Waals surface area contributed by atoms with Crippen LogP contribution in [0.4, 0.5) is 0 Å². The van der Waals surface area contributed by atoms with Crippen molar-refractivity contribution in [3.05, 3.63) is 33.8 Å². The fourth-order valence-corrected chi connectivity index (χ4v) is 1.20.